The van der Waals surface area contributed by atoms with Crippen LogP contribution in [0.1, 0.15) is 13.3 Å². The Bertz CT molecular complexity index is 51.6. The predicted molar refractivity (Wildman–Crippen MR) is 25.1 cm³/mol. The Morgan fingerprint density at radius 2 is 1.56 bits per heavy atom. The molecule has 9 heavy (non-hydrogen) atoms. The van der Waals surface area contributed by atoms with Crippen LogP contribution in [0.4, 0.5) is 12.9 Å². The zero-order valence-electron chi connectivity index (χ0n) is 5.33. The Labute approximate surface area is 95.0 Å². The van der Waals surface area contributed by atoms with Crippen LogP contribution in [0.5, 0.6) is 0 Å². The van der Waals surface area contributed by atoms with Gasteiger partial charge in [0.2, 0.25) is 0 Å². The molecule has 0 fully saturated rings. The molecule has 0 amide bonds. The van der Waals surface area contributed by atoms with E-state index in [-0.39, 0.29) is 51.4 Å². The maximum Gasteiger partial charge on any atom is 1.00 e. The van der Waals surface area contributed by atoms with Gasteiger partial charge in [-0.2, -0.15) is 6.42 Å². The number of hydrogen-bond acceptors (Lipinski definition) is 1. The van der Waals surface area contributed by atoms with Crippen molar-refractivity contribution in [2.45, 2.75) is 13.3 Å². The summed E-state index contributed by atoms with van der Waals surface area (Å²) in [5, 5.41) is 0. The zero-order chi connectivity index (χ0) is 6.99. The molecule has 0 aromatic heterocycles. The van der Waals surface area contributed by atoms with Crippen LogP contribution in [0.3, 0.4) is 0 Å². The van der Waals surface area contributed by atoms with Crippen molar-refractivity contribution in [3.8, 4) is 0 Å². The number of carbonyl (C=O) groups excluding carboxylic acids is 1. The first-order valence-corrected chi connectivity index (χ1v) is 1.92. The van der Waals surface area contributed by atoms with E-state index in [9.17, 15) is 12.9 Å². The van der Waals surface area contributed by atoms with Gasteiger partial charge in [0.05, 0.1) is 0 Å². The molecule has 1 nitrogen and oxygen atoms in total. The van der Waals surface area contributed by atoms with Crippen molar-refractivity contribution in [1.29, 1.82) is 0 Å². The molecule has 0 N–H and O–H groups in total. The first-order valence-electron chi connectivity index (χ1n) is 1.92. The van der Waals surface area contributed by atoms with Gasteiger partial charge in [-0.15, -0.1) is 0 Å². The molecule has 0 atom stereocenters. The third-order valence-electron chi connectivity index (χ3n) is 0.144. The van der Waals surface area contributed by atoms with Gasteiger partial charge < -0.3 is 4.79 Å². The summed E-state index contributed by atoms with van der Waals surface area (Å²) in [7, 11) is -3.67. The van der Waals surface area contributed by atoms with Crippen LogP contribution in [0.25, 0.3) is 0 Å². The molecular weight excluding hydrogens is 159 g/mol. The van der Waals surface area contributed by atoms with Crippen molar-refractivity contribution in [3.05, 3.63) is 0 Å². The smallest absolute Gasteiger partial charge is 0.542 e. The van der Waals surface area contributed by atoms with Crippen LogP contribution in [0.15, 0.2) is 0 Å². The summed E-state index contributed by atoms with van der Waals surface area (Å²) in [6.07, 6.45) is 2.19. The first-order chi connectivity index (χ1) is 3.65. The summed E-state index contributed by atoms with van der Waals surface area (Å²) in [5.41, 5.74) is 0. The Morgan fingerprint density at radius 1 is 1.44 bits per heavy atom. The van der Waals surface area contributed by atoms with Crippen LogP contribution in [0.2, 0.25) is 0 Å². The first kappa shape index (κ1) is 16.6. The standard InChI is InChI=1S/C3H5O.BF3.K/c1-2-3-4;2-1(3)4;/h2H2,1H3;;/q-1;;+1. The quantitative estimate of drug-likeness (QED) is 0.336. The maximum absolute atomic E-state index is 9.67. The molecule has 0 saturated heterocycles. The van der Waals surface area contributed by atoms with Gasteiger partial charge in [0, 0.05) is 0 Å². The maximum atomic E-state index is 9.67. The SMILES string of the molecule is CC[C-]=O.FB(F)F.[K+]. The van der Waals surface area contributed by atoms with Crippen molar-refractivity contribution in [3.63, 3.8) is 0 Å². The summed E-state index contributed by atoms with van der Waals surface area (Å²) in [6.45, 7) is 1.76. The van der Waals surface area contributed by atoms with Gasteiger partial charge in [0.15, 0.2) is 0 Å². The Morgan fingerprint density at radius 3 is 1.56 bits per heavy atom. The number of rotatable bonds is 1. The molecule has 0 unspecified atom stereocenters. The molecule has 0 radical (unpaired) electrons. The number of halogens is 3. The molecule has 48 valence electrons. The molecule has 0 bridgehead atoms. The fourth-order valence-corrected chi connectivity index (χ4v) is 0. The molecule has 0 aliphatic heterocycles. The summed E-state index contributed by atoms with van der Waals surface area (Å²) < 4.78 is 29.0. The molecular formula is C3H5BF3KO. The molecule has 0 aliphatic rings. The van der Waals surface area contributed by atoms with Crippen LogP contribution < -0.4 is 51.4 Å². The average Bonchev–Trinajstić information content (AvgIpc) is 1.65. The van der Waals surface area contributed by atoms with Gasteiger partial charge in [-0.3, -0.25) is 19.2 Å². The molecule has 0 rings (SSSR count). The van der Waals surface area contributed by atoms with E-state index in [2.05, 4.69) is 0 Å². The third kappa shape index (κ3) is 101. The van der Waals surface area contributed by atoms with E-state index in [1.165, 1.54) is 0 Å². The minimum Gasteiger partial charge on any atom is -0.542 e. The van der Waals surface area contributed by atoms with Crippen molar-refractivity contribution in [1.82, 2.24) is 0 Å². The van der Waals surface area contributed by atoms with Gasteiger partial charge in [-0.05, 0) is 0 Å². The predicted octanol–water partition coefficient (Wildman–Crippen LogP) is -1.61. The summed E-state index contributed by atoms with van der Waals surface area (Å²) >= 11 is 0. The Hall–Kier alpha value is 1.16. The molecule has 0 spiro atoms. The summed E-state index contributed by atoms with van der Waals surface area (Å²) in [6, 6.07) is 0. The zero-order valence-corrected chi connectivity index (χ0v) is 8.45. The molecule has 0 heterocycles. The van der Waals surface area contributed by atoms with E-state index in [0.717, 1.165) is 0 Å². The van der Waals surface area contributed by atoms with E-state index in [4.69, 9.17) is 4.79 Å². The minimum absolute atomic E-state index is 0. The fourth-order valence-electron chi connectivity index (χ4n) is 0. The van der Waals surface area contributed by atoms with Gasteiger partial charge in [0.25, 0.3) is 0 Å². The number of hydrogen-bond donors (Lipinski definition) is 0. The molecule has 0 aromatic rings. The second-order valence-electron chi connectivity index (χ2n) is 0.745. The van der Waals surface area contributed by atoms with Crippen molar-refractivity contribution in [2.75, 3.05) is 0 Å². The van der Waals surface area contributed by atoms with E-state index >= 15 is 0 Å². The normalized spacial score (nSPS) is 5.78. The van der Waals surface area contributed by atoms with Crippen molar-refractivity contribution >= 4 is 13.8 Å². The van der Waals surface area contributed by atoms with Crippen molar-refractivity contribution in [2.24, 2.45) is 0 Å². The van der Waals surface area contributed by atoms with Gasteiger partial charge in [-0.1, -0.05) is 6.92 Å². The fraction of sp³-hybridized carbons (Fsp3) is 0.667. The largest absolute Gasteiger partial charge is 1.00 e. The van der Waals surface area contributed by atoms with E-state index in [1.807, 2.05) is 0 Å². The second kappa shape index (κ2) is 16.1. The molecule has 6 heteroatoms. The monoisotopic (exact) mass is 164 g/mol. The van der Waals surface area contributed by atoms with E-state index < -0.39 is 7.54 Å². The van der Waals surface area contributed by atoms with Gasteiger partial charge >= 0.3 is 58.9 Å². The minimum atomic E-state index is -3.67. The Balaban J connectivity index is -0.0000000720. The van der Waals surface area contributed by atoms with Gasteiger partial charge in [-0.25, -0.2) is 0 Å². The average molecular weight is 164 g/mol. The molecule has 0 saturated carbocycles. The van der Waals surface area contributed by atoms with E-state index in [0.29, 0.717) is 6.42 Å². The third-order valence-corrected chi connectivity index (χ3v) is 0.144. The van der Waals surface area contributed by atoms with Crippen LogP contribution in [-0.2, 0) is 4.79 Å². The van der Waals surface area contributed by atoms with Crippen LogP contribution >= 0.6 is 0 Å². The summed E-state index contributed by atoms with van der Waals surface area (Å²) in [5.74, 6) is 0. The Kier molecular flexibility index (Phi) is 29.7. The topological polar surface area (TPSA) is 17.1 Å². The van der Waals surface area contributed by atoms with Crippen LogP contribution in [-0.4, -0.2) is 13.8 Å². The second-order valence-corrected chi connectivity index (χ2v) is 0.745. The summed E-state index contributed by atoms with van der Waals surface area (Å²) in [4.78, 5) is 9.05. The van der Waals surface area contributed by atoms with Gasteiger partial charge in [0.1, 0.15) is 0 Å². The molecule has 0 aromatic carbocycles. The van der Waals surface area contributed by atoms with Crippen molar-refractivity contribution < 1.29 is 69.1 Å². The van der Waals surface area contributed by atoms with E-state index in [1.54, 1.807) is 13.2 Å². The molecule has 0 aliphatic carbocycles. The van der Waals surface area contributed by atoms with Crippen LogP contribution in [0, 0.1) is 0 Å².